The summed E-state index contributed by atoms with van der Waals surface area (Å²) < 4.78 is 5.44. The van der Waals surface area contributed by atoms with Gasteiger partial charge in [-0.3, -0.25) is 4.79 Å². The van der Waals surface area contributed by atoms with Crippen LogP contribution < -0.4 is 5.32 Å². The fourth-order valence-corrected chi connectivity index (χ4v) is 2.85. The number of rotatable bonds is 5. The Morgan fingerprint density at radius 2 is 2.50 bits per heavy atom. The van der Waals surface area contributed by atoms with Crippen molar-refractivity contribution >= 4 is 17.2 Å². The van der Waals surface area contributed by atoms with Crippen LogP contribution in [0.2, 0.25) is 0 Å². The van der Waals surface area contributed by atoms with Gasteiger partial charge in [-0.25, -0.2) is 4.98 Å². The van der Waals surface area contributed by atoms with E-state index in [0.717, 1.165) is 49.4 Å². The van der Waals surface area contributed by atoms with Crippen LogP contribution >= 0.6 is 11.3 Å². The summed E-state index contributed by atoms with van der Waals surface area (Å²) in [6, 6.07) is 0. The van der Waals surface area contributed by atoms with E-state index in [0.29, 0.717) is 6.54 Å². The van der Waals surface area contributed by atoms with Crippen molar-refractivity contribution in [1.82, 2.24) is 10.3 Å². The molecular formula is C13H20N2O2S. The molecule has 5 heteroatoms. The molecule has 0 unspecified atom stereocenters. The average Bonchev–Trinajstić information content (AvgIpc) is 2.81. The molecule has 0 bridgehead atoms. The fraction of sp³-hybridized carbons (Fsp3) is 0.692. The van der Waals surface area contributed by atoms with Gasteiger partial charge in [0.1, 0.15) is 6.10 Å². The highest BCUT2D eigenvalue weighted by Crippen LogP contribution is 2.13. The minimum Gasteiger partial charge on any atom is -0.368 e. The summed E-state index contributed by atoms with van der Waals surface area (Å²) in [5, 5.41) is 6.15. The zero-order valence-electron chi connectivity index (χ0n) is 10.8. The van der Waals surface area contributed by atoms with Crippen molar-refractivity contribution in [3.63, 3.8) is 0 Å². The molecule has 1 N–H and O–H groups in total. The molecule has 1 atom stereocenters. The van der Waals surface area contributed by atoms with Crippen LogP contribution in [0.3, 0.4) is 0 Å². The Morgan fingerprint density at radius 3 is 3.17 bits per heavy atom. The number of carbonyl (C=O) groups is 1. The SMILES string of the molecule is Cc1csc(CCCNC(=O)[C@H]2CCCCO2)n1. The van der Waals surface area contributed by atoms with E-state index in [-0.39, 0.29) is 12.0 Å². The van der Waals surface area contributed by atoms with Gasteiger partial charge in [0.2, 0.25) is 5.91 Å². The highest BCUT2D eigenvalue weighted by atomic mass is 32.1. The lowest BCUT2D eigenvalue weighted by atomic mass is 10.1. The number of hydrogen-bond donors (Lipinski definition) is 1. The molecule has 1 amide bonds. The molecule has 2 rings (SSSR count). The normalized spacial score (nSPS) is 19.7. The zero-order chi connectivity index (χ0) is 12.8. The Bertz CT molecular complexity index is 386. The number of nitrogens with zero attached hydrogens (tertiary/aromatic N) is 1. The monoisotopic (exact) mass is 268 g/mol. The Balaban J connectivity index is 1.61. The zero-order valence-corrected chi connectivity index (χ0v) is 11.6. The number of amides is 1. The van der Waals surface area contributed by atoms with Crippen molar-refractivity contribution in [1.29, 1.82) is 0 Å². The molecule has 0 aromatic carbocycles. The van der Waals surface area contributed by atoms with Crippen molar-refractivity contribution in [2.24, 2.45) is 0 Å². The van der Waals surface area contributed by atoms with Crippen LogP contribution in [-0.2, 0) is 16.0 Å². The van der Waals surface area contributed by atoms with Gasteiger partial charge in [-0.05, 0) is 32.6 Å². The van der Waals surface area contributed by atoms with Gasteiger partial charge in [-0.15, -0.1) is 11.3 Å². The van der Waals surface area contributed by atoms with E-state index in [9.17, 15) is 4.79 Å². The molecule has 1 aromatic rings. The summed E-state index contributed by atoms with van der Waals surface area (Å²) in [5.41, 5.74) is 1.08. The number of nitrogens with one attached hydrogen (secondary N) is 1. The molecule has 1 fully saturated rings. The maximum absolute atomic E-state index is 11.8. The van der Waals surface area contributed by atoms with E-state index in [1.807, 2.05) is 6.92 Å². The third kappa shape index (κ3) is 4.07. The summed E-state index contributed by atoms with van der Waals surface area (Å²) in [5.74, 6) is 0.0463. The van der Waals surface area contributed by atoms with Crippen LogP contribution in [0.4, 0.5) is 0 Å². The van der Waals surface area contributed by atoms with Crippen molar-refractivity contribution in [2.75, 3.05) is 13.2 Å². The van der Waals surface area contributed by atoms with Crippen molar-refractivity contribution < 1.29 is 9.53 Å². The standard InChI is InChI=1S/C13H20N2O2S/c1-10-9-18-12(15-10)6-4-7-14-13(16)11-5-2-3-8-17-11/h9,11H,2-8H2,1H3,(H,14,16)/t11-/m1/s1. The highest BCUT2D eigenvalue weighted by molar-refractivity contribution is 7.09. The van der Waals surface area contributed by atoms with Crippen molar-refractivity contribution in [3.8, 4) is 0 Å². The summed E-state index contributed by atoms with van der Waals surface area (Å²) in [7, 11) is 0. The first kappa shape index (κ1) is 13.5. The molecule has 1 aromatic heterocycles. The molecule has 4 nitrogen and oxygen atoms in total. The number of thiazole rings is 1. The minimum absolute atomic E-state index is 0.0463. The number of hydrogen-bond acceptors (Lipinski definition) is 4. The van der Waals surface area contributed by atoms with Crippen molar-refractivity contribution in [2.45, 2.75) is 45.1 Å². The lowest BCUT2D eigenvalue weighted by molar-refractivity contribution is -0.135. The number of ether oxygens (including phenoxy) is 1. The number of aryl methyl sites for hydroxylation is 2. The van der Waals surface area contributed by atoms with Gasteiger partial charge in [-0.2, -0.15) is 0 Å². The first-order chi connectivity index (χ1) is 8.75. The van der Waals surface area contributed by atoms with Crippen LogP contribution in [0.15, 0.2) is 5.38 Å². The molecule has 0 radical (unpaired) electrons. The fourth-order valence-electron chi connectivity index (χ4n) is 2.03. The van der Waals surface area contributed by atoms with Crippen LogP contribution in [0.25, 0.3) is 0 Å². The summed E-state index contributed by atoms with van der Waals surface area (Å²) in [4.78, 5) is 16.2. The Labute approximate surface area is 112 Å². The molecule has 2 heterocycles. The van der Waals surface area contributed by atoms with Gasteiger partial charge in [0, 0.05) is 30.6 Å². The van der Waals surface area contributed by atoms with Gasteiger partial charge < -0.3 is 10.1 Å². The summed E-state index contributed by atoms with van der Waals surface area (Å²) in [6.45, 7) is 3.43. The third-order valence-electron chi connectivity index (χ3n) is 3.01. The lowest BCUT2D eigenvalue weighted by Gasteiger charge is -2.21. The minimum atomic E-state index is -0.221. The van der Waals surface area contributed by atoms with Gasteiger partial charge in [0.15, 0.2) is 0 Å². The number of carbonyl (C=O) groups excluding carboxylic acids is 1. The summed E-state index contributed by atoms with van der Waals surface area (Å²) >= 11 is 1.69. The van der Waals surface area contributed by atoms with E-state index in [1.165, 1.54) is 0 Å². The summed E-state index contributed by atoms with van der Waals surface area (Å²) in [6.07, 6.45) is 4.68. The maximum Gasteiger partial charge on any atom is 0.249 e. The van der Waals surface area contributed by atoms with E-state index >= 15 is 0 Å². The second kappa shape index (κ2) is 6.85. The first-order valence-electron chi connectivity index (χ1n) is 6.56. The molecule has 1 saturated heterocycles. The molecule has 1 aliphatic rings. The van der Waals surface area contributed by atoms with Gasteiger partial charge in [0.05, 0.1) is 5.01 Å². The second-order valence-corrected chi connectivity index (χ2v) is 5.58. The largest absolute Gasteiger partial charge is 0.368 e. The van der Waals surface area contributed by atoms with E-state index < -0.39 is 0 Å². The molecule has 18 heavy (non-hydrogen) atoms. The van der Waals surface area contributed by atoms with Crippen molar-refractivity contribution in [3.05, 3.63) is 16.1 Å². The second-order valence-electron chi connectivity index (χ2n) is 4.63. The first-order valence-corrected chi connectivity index (χ1v) is 7.44. The molecular weight excluding hydrogens is 248 g/mol. The molecule has 1 aliphatic heterocycles. The molecule has 0 saturated carbocycles. The predicted octanol–water partition coefficient (Wildman–Crippen LogP) is 2.07. The van der Waals surface area contributed by atoms with Crippen LogP contribution in [0.5, 0.6) is 0 Å². The van der Waals surface area contributed by atoms with Crippen LogP contribution in [-0.4, -0.2) is 30.1 Å². The Hall–Kier alpha value is -0.940. The topological polar surface area (TPSA) is 51.2 Å². The van der Waals surface area contributed by atoms with Gasteiger partial charge in [-0.1, -0.05) is 0 Å². The highest BCUT2D eigenvalue weighted by Gasteiger charge is 2.21. The van der Waals surface area contributed by atoms with Crippen LogP contribution in [0.1, 0.15) is 36.4 Å². The van der Waals surface area contributed by atoms with Crippen LogP contribution in [0, 0.1) is 6.92 Å². The van der Waals surface area contributed by atoms with E-state index in [4.69, 9.17) is 4.74 Å². The molecule has 0 spiro atoms. The lowest BCUT2D eigenvalue weighted by Crippen LogP contribution is -2.38. The third-order valence-corrected chi connectivity index (χ3v) is 4.03. The Morgan fingerprint density at radius 1 is 1.61 bits per heavy atom. The predicted molar refractivity (Wildman–Crippen MR) is 71.8 cm³/mol. The average molecular weight is 268 g/mol. The maximum atomic E-state index is 11.8. The van der Waals surface area contributed by atoms with Gasteiger partial charge in [0.25, 0.3) is 0 Å². The van der Waals surface area contributed by atoms with Gasteiger partial charge >= 0.3 is 0 Å². The Kier molecular flexibility index (Phi) is 5.13. The van der Waals surface area contributed by atoms with E-state index in [1.54, 1.807) is 11.3 Å². The quantitative estimate of drug-likeness (QED) is 0.832. The molecule has 0 aliphatic carbocycles. The molecule has 100 valence electrons. The smallest absolute Gasteiger partial charge is 0.249 e. The van der Waals surface area contributed by atoms with E-state index in [2.05, 4.69) is 15.7 Å². The number of aromatic nitrogens is 1.